The van der Waals surface area contributed by atoms with Gasteiger partial charge in [-0.2, -0.15) is 0 Å². The standard InChI is InChI=1S/C12H14N2O3/c15-9-10-4-5-11(8-12(10)14(16)17)13-6-2-1-3-7-13/h4-5,8-9H,1-3,6-7H2. The highest BCUT2D eigenvalue weighted by molar-refractivity contribution is 5.83. The van der Waals surface area contributed by atoms with Gasteiger partial charge in [-0.15, -0.1) is 0 Å². The van der Waals surface area contributed by atoms with Crippen LogP contribution in [0.2, 0.25) is 0 Å². The van der Waals surface area contributed by atoms with Gasteiger partial charge in [-0.25, -0.2) is 0 Å². The van der Waals surface area contributed by atoms with Crippen molar-refractivity contribution in [1.82, 2.24) is 0 Å². The number of nitro benzene ring substituents is 1. The number of nitro groups is 1. The molecule has 0 atom stereocenters. The molecule has 0 N–H and O–H groups in total. The first-order chi connectivity index (χ1) is 8.22. The molecule has 0 aliphatic carbocycles. The largest absolute Gasteiger partial charge is 0.371 e. The minimum atomic E-state index is -0.503. The van der Waals surface area contributed by atoms with Gasteiger partial charge in [-0.3, -0.25) is 14.9 Å². The van der Waals surface area contributed by atoms with Gasteiger partial charge in [-0.05, 0) is 31.4 Å². The van der Waals surface area contributed by atoms with Crippen LogP contribution in [0.25, 0.3) is 0 Å². The number of aldehydes is 1. The summed E-state index contributed by atoms with van der Waals surface area (Å²) in [4.78, 5) is 23.2. The summed E-state index contributed by atoms with van der Waals surface area (Å²) in [5, 5.41) is 10.8. The molecule has 0 radical (unpaired) electrons. The molecule has 0 unspecified atom stereocenters. The molecule has 5 heteroatoms. The zero-order valence-corrected chi connectivity index (χ0v) is 9.46. The number of hydrogen-bond acceptors (Lipinski definition) is 4. The van der Waals surface area contributed by atoms with Gasteiger partial charge in [0.2, 0.25) is 0 Å². The van der Waals surface area contributed by atoms with Crippen LogP contribution in [0.3, 0.4) is 0 Å². The van der Waals surface area contributed by atoms with E-state index in [0.717, 1.165) is 31.6 Å². The third-order valence-electron chi connectivity index (χ3n) is 3.06. The number of benzene rings is 1. The predicted molar refractivity (Wildman–Crippen MR) is 64.5 cm³/mol. The van der Waals surface area contributed by atoms with E-state index in [2.05, 4.69) is 4.90 Å². The van der Waals surface area contributed by atoms with Crippen LogP contribution >= 0.6 is 0 Å². The van der Waals surface area contributed by atoms with Crippen LogP contribution in [0.5, 0.6) is 0 Å². The number of hydrogen-bond donors (Lipinski definition) is 0. The van der Waals surface area contributed by atoms with Gasteiger partial charge < -0.3 is 4.90 Å². The summed E-state index contributed by atoms with van der Waals surface area (Å²) < 4.78 is 0. The third-order valence-corrected chi connectivity index (χ3v) is 3.06. The lowest BCUT2D eigenvalue weighted by atomic mass is 10.1. The molecule has 1 aliphatic rings. The van der Waals surface area contributed by atoms with Gasteiger partial charge in [0, 0.05) is 24.8 Å². The van der Waals surface area contributed by atoms with Crippen LogP contribution in [0.4, 0.5) is 11.4 Å². The highest BCUT2D eigenvalue weighted by Crippen LogP contribution is 2.26. The molecule has 0 aromatic heterocycles. The molecule has 1 fully saturated rings. The fourth-order valence-corrected chi connectivity index (χ4v) is 2.14. The van der Waals surface area contributed by atoms with Crippen LogP contribution < -0.4 is 4.90 Å². The molecular formula is C12H14N2O3. The monoisotopic (exact) mass is 234 g/mol. The van der Waals surface area contributed by atoms with E-state index in [1.807, 2.05) is 0 Å². The minimum Gasteiger partial charge on any atom is -0.371 e. The number of anilines is 1. The molecule has 1 saturated heterocycles. The maximum absolute atomic E-state index is 10.8. The Morgan fingerprint density at radius 3 is 2.53 bits per heavy atom. The van der Waals surface area contributed by atoms with Gasteiger partial charge in [0.25, 0.3) is 5.69 Å². The number of piperidine rings is 1. The summed E-state index contributed by atoms with van der Waals surface area (Å²) in [6, 6.07) is 4.80. The molecule has 1 heterocycles. The van der Waals surface area contributed by atoms with Crippen LogP contribution in [-0.4, -0.2) is 24.3 Å². The van der Waals surface area contributed by atoms with E-state index in [1.165, 1.54) is 18.6 Å². The fourth-order valence-electron chi connectivity index (χ4n) is 2.14. The SMILES string of the molecule is O=Cc1ccc(N2CCCCC2)cc1[N+](=O)[O-]. The Balaban J connectivity index is 2.32. The van der Waals surface area contributed by atoms with E-state index in [1.54, 1.807) is 6.07 Å². The van der Waals surface area contributed by atoms with Gasteiger partial charge in [0.05, 0.1) is 10.5 Å². The summed E-state index contributed by atoms with van der Waals surface area (Å²) in [5.74, 6) is 0. The maximum atomic E-state index is 10.8. The van der Waals surface area contributed by atoms with Gasteiger partial charge in [0.1, 0.15) is 0 Å². The Morgan fingerprint density at radius 1 is 1.24 bits per heavy atom. The van der Waals surface area contributed by atoms with Crippen molar-refractivity contribution in [2.45, 2.75) is 19.3 Å². The second kappa shape index (κ2) is 4.95. The fraction of sp³-hybridized carbons (Fsp3) is 0.417. The Bertz CT molecular complexity index is 439. The molecule has 17 heavy (non-hydrogen) atoms. The minimum absolute atomic E-state index is 0.108. The van der Waals surface area contributed by atoms with Crippen molar-refractivity contribution in [2.75, 3.05) is 18.0 Å². The second-order valence-electron chi connectivity index (χ2n) is 4.17. The number of carbonyl (C=O) groups excluding carboxylic acids is 1. The molecular weight excluding hydrogens is 220 g/mol. The van der Waals surface area contributed by atoms with Crippen LogP contribution in [0, 0.1) is 10.1 Å². The quantitative estimate of drug-likeness (QED) is 0.457. The molecule has 1 aliphatic heterocycles. The molecule has 1 aromatic rings. The Morgan fingerprint density at radius 2 is 1.94 bits per heavy atom. The summed E-state index contributed by atoms with van der Waals surface area (Å²) in [7, 11) is 0. The van der Waals surface area contributed by atoms with Crippen LogP contribution in [-0.2, 0) is 0 Å². The van der Waals surface area contributed by atoms with Crippen LogP contribution in [0.15, 0.2) is 18.2 Å². The van der Waals surface area contributed by atoms with Gasteiger partial charge >= 0.3 is 0 Å². The number of nitrogens with zero attached hydrogens (tertiary/aromatic N) is 2. The van der Waals surface area contributed by atoms with Crippen molar-refractivity contribution in [3.63, 3.8) is 0 Å². The molecule has 2 rings (SSSR count). The Hall–Kier alpha value is -1.91. The highest BCUT2D eigenvalue weighted by atomic mass is 16.6. The summed E-state index contributed by atoms with van der Waals surface area (Å²) in [5.41, 5.74) is 0.862. The molecule has 0 saturated carbocycles. The summed E-state index contributed by atoms with van der Waals surface area (Å²) in [6.45, 7) is 1.86. The van der Waals surface area contributed by atoms with Crippen molar-refractivity contribution < 1.29 is 9.72 Å². The molecule has 1 aromatic carbocycles. The number of rotatable bonds is 3. The Labute approximate surface area is 99.2 Å². The third kappa shape index (κ3) is 2.43. The maximum Gasteiger partial charge on any atom is 0.281 e. The highest BCUT2D eigenvalue weighted by Gasteiger charge is 2.17. The van der Waals surface area contributed by atoms with Crippen molar-refractivity contribution >= 4 is 17.7 Å². The zero-order valence-electron chi connectivity index (χ0n) is 9.46. The van der Waals surface area contributed by atoms with E-state index in [0.29, 0.717) is 6.29 Å². The van der Waals surface area contributed by atoms with E-state index < -0.39 is 4.92 Å². The van der Waals surface area contributed by atoms with E-state index in [4.69, 9.17) is 0 Å². The van der Waals surface area contributed by atoms with Crippen LogP contribution in [0.1, 0.15) is 29.6 Å². The van der Waals surface area contributed by atoms with E-state index in [9.17, 15) is 14.9 Å². The summed E-state index contributed by atoms with van der Waals surface area (Å²) >= 11 is 0. The first kappa shape index (κ1) is 11.6. The number of carbonyl (C=O) groups is 1. The average Bonchev–Trinajstić information content (AvgIpc) is 2.39. The molecule has 5 nitrogen and oxygen atoms in total. The topological polar surface area (TPSA) is 63.5 Å². The second-order valence-corrected chi connectivity index (χ2v) is 4.17. The zero-order chi connectivity index (χ0) is 12.3. The van der Waals surface area contributed by atoms with Crippen molar-refractivity contribution in [2.24, 2.45) is 0 Å². The van der Waals surface area contributed by atoms with Crippen molar-refractivity contribution in [3.8, 4) is 0 Å². The Kier molecular flexibility index (Phi) is 3.37. The van der Waals surface area contributed by atoms with E-state index >= 15 is 0 Å². The molecule has 0 bridgehead atoms. The first-order valence-corrected chi connectivity index (χ1v) is 5.71. The lowest BCUT2D eigenvalue weighted by Crippen LogP contribution is -2.29. The lowest BCUT2D eigenvalue weighted by Gasteiger charge is -2.28. The van der Waals surface area contributed by atoms with Crippen molar-refractivity contribution in [1.29, 1.82) is 0 Å². The van der Waals surface area contributed by atoms with E-state index in [-0.39, 0.29) is 11.3 Å². The van der Waals surface area contributed by atoms with Crippen molar-refractivity contribution in [3.05, 3.63) is 33.9 Å². The lowest BCUT2D eigenvalue weighted by molar-refractivity contribution is -0.385. The molecule has 0 spiro atoms. The molecule has 0 amide bonds. The smallest absolute Gasteiger partial charge is 0.281 e. The molecule has 90 valence electrons. The average molecular weight is 234 g/mol. The predicted octanol–water partition coefficient (Wildman–Crippen LogP) is 2.40. The normalized spacial score (nSPS) is 15.6. The van der Waals surface area contributed by atoms with Gasteiger partial charge in [0.15, 0.2) is 6.29 Å². The van der Waals surface area contributed by atoms with Gasteiger partial charge in [-0.1, -0.05) is 0 Å². The first-order valence-electron chi connectivity index (χ1n) is 5.71. The summed E-state index contributed by atoms with van der Waals surface area (Å²) in [6.07, 6.45) is 3.97.